The Kier molecular flexibility index (Phi) is 6.79. The maximum absolute atomic E-state index is 13.2. The van der Waals surface area contributed by atoms with E-state index in [-0.39, 0.29) is 5.91 Å². The van der Waals surface area contributed by atoms with Gasteiger partial charge in [-0.3, -0.25) is 9.69 Å². The van der Waals surface area contributed by atoms with Gasteiger partial charge in [-0.1, -0.05) is 26.0 Å². The van der Waals surface area contributed by atoms with Crippen LogP contribution in [0.1, 0.15) is 55.1 Å². The largest absolute Gasteiger partial charge is 0.354 e. The molecule has 4 heterocycles. The maximum Gasteiger partial charge on any atom is 0.236 e. The monoisotopic (exact) mass is 478 g/mol. The minimum absolute atomic E-state index is 0.249. The van der Waals surface area contributed by atoms with Gasteiger partial charge in [0, 0.05) is 62.9 Å². The molecule has 0 radical (unpaired) electrons. The fourth-order valence-corrected chi connectivity index (χ4v) is 5.98. The predicted octanol–water partition coefficient (Wildman–Crippen LogP) is 4.05. The Hall–Kier alpha value is -2.58. The van der Waals surface area contributed by atoms with E-state index in [9.17, 15) is 4.79 Å². The number of likely N-dealkylation sites (tertiary alicyclic amines) is 1. The van der Waals surface area contributed by atoms with Crippen LogP contribution in [0.15, 0.2) is 30.3 Å². The van der Waals surface area contributed by atoms with E-state index >= 15 is 0 Å². The smallest absolute Gasteiger partial charge is 0.236 e. The van der Waals surface area contributed by atoms with E-state index in [0.717, 1.165) is 75.0 Å². The lowest BCUT2D eigenvalue weighted by molar-refractivity contribution is -0.133. The van der Waals surface area contributed by atoms with Crippen LogP contribution in [0.25, 0.3) is 10.2 Å². The second kappa shape index (κ2) is 9.96. The number of fused-ring (bicyclic) bond motifs is 1. The first-order valence-electron chi connectivity index (χ1n) is 12.4. The van der Waals surface area contributed by atoms with Crippen molar-refractivity contribution in [2.75, 3.05) is 50.7 Å². The molecule has 0 aliphatic carbocycles. The third kappa shape index (κ3) is 5.08. The molecule has 2 fully saturated rings. The molecule has 0 spiro atoms. The van der Waals surface area contributed by atoms with Gasteiger partial charge in [-0.25, -0.2) is 15.0 Å². The first-order valence-corrected chi connectivity index (χ1v) is 13.2. The number of hydrogen-bond donors (Lipinski definition) is 0. The number of thiazole rings is 1. The minimum Gasteiger partial charge on any atom is -0.354 e. The number of para-hydroxylation sites is 1. The molecule has 2 aliphatic heterocycles. The van der Waals surface area contributed by atoms with E-state index in [1.54, 1.807) is 11.3 Å². The molecule has 8 heteroatoms. The standard InChI is InChI=1S/C26H34N6OS/c1-18(2)25-27-19(3)15-23(29-25)31-13-11-30(12-14-31)17-24(33)32-10-6-7-20(16-32)26-28-21-8-4-5-9-22(21)34-26/h4-5,8-9,15,18,20H,6-7,10-14,16-17H2,1-3H3/t20-/m0/s1. The second-order valence-electron chi connectivity index (χ2n) is 9.84. The van der Waals surface area contributed by atoms with Gasteiger partial charge >= 0.3 is 0 Å². The molecule has 1 atom stereocenters. The summed E-state index contributed by atoms with van der Waals surface area (Å²) in [5.74, 6) is 2.83. The van der Waals surface area contributed by atoms with Gasteiger partial charge in [0.15, 0.2) is 0 Å². The summed E-state index contributed by atoms with van der Waals surface area (Å²) in [7, 11) is 0. The van der Waals surface area contributed by atoms with E-state index in [1.165, 1.54) is 9.71 Å². The number of benzene rings is 1. The Morgan fingerprint density at radius 3 is 2.65 bits per heavy atom. The van der Waals surface area contributed by atoms with Crippen LogP contribution in [-0.2, 0) is 4.79 Å². The highest BCUT2D eigenvalue weighted by Crippen LogP contribution is 2.33. The quantitative estimate of drug-likeness (QED) is 0.551. The van der Waals surface area contributed by atoms with Crippen LogP contribution in [0.2, 0.25) is 0 Å². The third-order valence-corrected chi connectivity index (χ3v) is 8.06. The van der Waals surface area contributed by atoms with Crippen molar-refractivity contribution in [3.63, 3.8) is 0 Å². The Labute approximate surface area is 205 Å². The van der Waals surface area contributed by atoms with Gasteiger partial charge in [0.05, 0.1) is 21.8 Å². The van der Waals surface area contributed by atoms with Gasteiger partial charge < -0.3 is 9.80 Å². The number of carbonyl (C=O) groups is 1. The van der Waals surface area contributed by atoms with Crippen LogP contribution < -0.4 is 4.90 Å². The van der Waals surface area contributed by atoms with E-state index in [1.807, 2.05) is 13.0 Å². The van der Waals surface area contributed by atoms with Crippen molar-refractivity contribution in [3.8, 4) is 0 Å². The van der Waals surface area contributed by atoms with Crippen LogP contribution >= 0.6 is 11.3 Å². The molecule has 3 aromatic rings. The fourth-order valence-electron chi connectivity index (χ4n) is 4.89. The SMILES string of the molecule is Cc1cc(N2CCN(CC(=O)N3CCC[C@H](c4nc5ccccc5s4)C3)CC2)nc(C(C)C)n1. The normalized spacial score (nSPS) is 19.8. The molecule has 5 rings (SSSR count). The molecule has 34 heavy (non-hydrogen) atoms. The third-order valence-electron chi connectivity index (χ3n) is 6.86. The summed E-state index contributed by atoms with van der Waals surface area (Å²) in [6.45, 7) is 12.0. The predicted molar refractivity (Wildman–Crippen MR) is 138 cm³/mol. The van der Waals surface area contributed by atoms with Crippen molar-refractivity contribution in [1.82, 2.24) is 24.8 Å². The van der Waals surface area contributed by atoms with E-state index in [2.05, 4.69) is 57.8 Å². The van der Waals surface area contributed by atoms with Crippen molar-refractivity contribution in [2.24, 2.45) is 0 Å². The summed E-state index contributed by atoms with van der Waals surface area (Å²) in [6, 6.07) is 10.4. The number of amides is 1. The Morgan fingerprint density at radius 2 is 1.88 bits per heavy atom. The average Bonchev–Trinajstić information content (AvgIpc) is 3.29. The second-order valence-corrected chi connectivity index (χ2v) is 10.9. The number of carbonyl (C=O) groups excluding carboxylic acids is 1. The Morgan fingerprint density at radius 1 is 1.09 bits per heavy atom. The summed E-state index contributed by atoms with van der Waals surface area (Å²) < 4.78 is 1.23. The molecule has 2 aliphatic rings. The number of hydrogen-bond acceptors (Lipinski definition) is 7. The molecule has 0 N–H and O–H groups in total. The first-order chi connectivity index (χ1) is 16.5. The summed E-state index contributed by atoms with van der Waals surface area (Å²) in [5.41, 5.74) is 2.09. The van der Waals surface area contributed by atoms with Crippen molar-refractivity contribution >= 4 is 33.3 Å². The van der Waals surface area contributed by atoms with E-state index in [4.69, 9.17) is 9.97 Å². The van der Waals surface area contributed by atoms with Crippen LogP contribution in [0.5, 0.6) is 0 Å². The number of anilines is 1. The number of piperidine rings is 1. The van der Waals surface area contributed by atoms with Crippen molar-refractivity contribution < 1.29 is 4.79 Å². The summed E-state index contributed by atoms with van der Waals surface area (Å²) in [6.07, 6.45) is 2.16. The fraction of sp³-hybridized carbons (Fsp3) is 0.538. The molecular weight excluding hydrogens is 444 g/mol. The highest BCUT2D eigenvalue weighted by molar-refractivity contribution is 7.18. The van der Waals surface area contributed by atoms with Gasteiger partial charge in [0.25, 0.3) is 0 Å². The van der Waals surface area contributed by atoms with Gasteiger partial charge in [-0.2, -0.15) is 0 Å². The molecule has 2 aromatic heterocycles. The number of aromatic nitrogens is 3. The lowest BCUT2D eigenvalue weighted by Gasteiger charge is -2.37. The van der Waals surface area contributed by atoms with Crippen LogP contribution in [0, 0.1) is 6.92 Å². The number of nitrogens with zero attached hydrogens (tertiary/aromatic N) is 6. The Balaban J connectivity index is 1.16. The summed E-state index contributed by atoms with van der Waals surface area (Å²) in [5, 5.41) is 1.17. The Bertz CT molecular complexity index is 1120. The highest BCUT2D eigenvalue weighted by atomic mass is 32.1. The van der Waals surface area contributed by atoms with Crippen LogP contribution in [0.3, 0.4) is 0 Å². The molecule has 0 unspecified atom stereocenters. The molecule has 1 aromatic carbocycles. The van der Waals surface area contributed by atoms with Gasteiger partial charge in [-0.05, 0) is 31.9 Å². The first kappa shape index (κ1) is 23.2. The van der Waals surface area contributed by atoms with Crippen LogP contribution in [-0.4, -0.2) is 76.5 Å². The lowest BCUT2D eigenvalue weighted by Crippen LogP contribution is -2.51. The maximum atomic E-state index is 13.2. The zero-order chi connectivity index (χ0) is 23.7. The molecule has 1 amide bonds. The summed E-state index contributed by atoms with van der Waals surface area (Å²) in [4.78, 5) is 34.1. The van der Waals surface area contributed by atoms with Crippen molar-refractivity contribution in [1.29, 1.82) is 0 Å². The number of aryl methyl sites for hydroxylation is 1. The number of piperazine rings is 1. The average molecular weight is 479 g/mol. The summed E-state index contributed by atoms with van der Waals surface area (Å²) >= 11 is 1.78. The molecule has 180 valence electrons. The lowest BCUT2D eigenvalue weighted by atomic mass is 9.98. The van der Waals surface area contributed by atoms with Gasteiger partial charge in [0.1, 0.15) is 11.6 Å². The number of rotatable bonds is 5. The minimum atomic E-state index is 0.249. The zero-order valence-corrected chi connectivity index (χ0v) is 21.2. The van der Waals surface area contributed by atoms with Crippen LogP contribution in [0.4, 0.5) is 5.82 Å². The van der Waals surface area contributed by atoms with E-state index < -0.39 is 0 Å². The molecular formula is C26H34N6OS. The highest BCUT2D eigenvalue weighted by Gasteiger charge is 2.29. The van der Waals surface area contributed by atoms with Gasteiger partial charge in [-0.15, -0.1) is 11.3 Å². The molecule has 0 bridgehead atoms. The molecule has 2 saturated heterocycles. The molecule has 0 saturated carbocycles. The topological polar surface area (TPSA) is 65.5 Å². The van der Waals surface area contributed by atoms with Crippen molar-refractivity contribution in [2.45, 2.75) is 45.4 Å². The van der Waals surface area contributed by atoms with Gasteiger partial charge in [0.2, 0.25) is 5.91 Å². The van der Waals surface area contributed by atoms with Crippen molar-refractivity contribution in [3.05, 3.63) is 46.9 Å². The van der Waals surface area contributed by atoms with E-state index in [0.29, 0.717) is 18.4 Å². The zero-order valence-electron chi connectivity index (χ0n) is 20.4. The molecule has 7 nitrogen and oxygen atoms in total.